The summed E-state index contributed by atoms with van der Waals surface area (Å²) in [7, 11) is 0. The van der Waals surface area contributed by atoms with E-state index in [0.29, 0.717) is 0 Å². The lowest BCUT2D eigenvalue weighted by Gasteiger charge is -2.14. The van der Waals surface area contributed by atoms with E-state index >= 15 is 0 Å². The van der Waals surface area contributed by atoms with Gasteiger partial charge in [-0.1, -0.05) is 62.2 Å². The minimum absolute atomic E-state index is 0.0144. The average molecular weight is 369 g/mol. The summed E-state index contributed by atoms with van der Waals surface area (Å²) in [6.45, 7) is 2.08. The highest BCUT2D eigenvalue weighted by Crippen LogP contribution is 2.25. The number of hydrogen-bond donors (Lipinski definition) is 1. The maximum absolute atomic E-state index is 6.27. The zero-order valence-corrected chi connectivity index (χ0v) is 13.3. The van der Waals surface area contributed by atoms with Gasteiger partial charge in [0.2, 0.25) is 0 Å². The van der Waals surface area contributed by atoms with E-state index in [1.165, 1.54) is 11.1 Å². The van der Waals surface area contributed by atoms with Gasteiger partial charge in [0.05, 0.1) is 0 Å². The molecule has 18 heavy (non-hydrogen) atoms. The van der Waals surface area contributed by atoms with Crippen molar-refractivity contribution in [2.75, 3.05) is 0 Å². The standard InChI is InChI=1S/C15H15Br2N/c1-10-6-7-12(8-14(10)17)15(18)9-11-4-2-3-5-13(11)16/h2-8,15H,9,18H2,1H3. The Morgan fingerprint density at radius 3 is 2.44 bits per heavy atom. The minimum atomic E-state index is 0.0144. The molecule has 0 saturated heterocycles. The van der Waals surface area contributed by atoms with E-state index < -0.39 is 0 Å². The molecular weight excluding hydrogens is 354 g/mol. The lowest BCUT2D eigenvalue weighted by atomic mass is 9.99. The Morgan fingerprint density at radius 1 is 1.06 bits per heavy atom. The van der Waals surface area contributed by atoms with Crippen molar-refractivity contribution in [3.05, 3.63) is 68.1 Å². The molecule has 0 amide bonds. The molecule has 2 aromatic rings. The summed E-state index contributed by atoms with van der Waals surface area (Å²) in [5.74, 6) is 0. The van der Waals surface area contributed by atoms with E-state index in [1.807, 2.05) is 18.2 Å². The second kappa shape index (κ2) is 6.00. The van der Waals surface area contributed by atoms with Crippen molar-refractivity contribution in [2.45, 2.75) is 19.4 Å². The van der Waals surface area contributed by atoms with Crippen LogP contribution in [0.15, 0.2) is 51.4 Å². The fourth-order valence-electron chi connectivity index (χ4n) is 1.86. The molecule has 0 fully saturated rings. The minimum Gasteiger partial charge on any atom is -0.324 e. The lowest BCUT2D eigenvalue weighted by molar-refractivity contribution is 0.719. The van der Waals surface area contributed by atoms with E-state index in [4.69, 9.17) is 5.73 Å². The molecule has 0 aliphatic heterocycles. The van der Waals surface area contributed by atoms with Gasteiger partial charge >= 0.3 is 0 Å². The zero-order valence-electron chi connectivity index (χ0n) is 10.2. The van der Waals surface area contributed by atoms with Crippen LogP contribution < -0.4 is 5.73 Å². The highest BCUT2D eigenvalue weighted by Gasteiger charge is 2.10. The molecule has 0 aromatic heterocycles. The van der Waals surface area contributed by atoms with Crippen LogP contribution in [0, 0.1) is 6.92 Å². The average Bonchev–Trinajstić information content (AvgIpc) is 2.35. The smallest absolute Gasteiger partial charge is 0.0336 e. The van der Waals surface area contributed by atoms with E-state index in [9.17, 15) is 0 Å². The maximum atomic E-state index is 6.27. The van der Waals surface area contributed by atoms with Crippen molar-refractivity contribution in [1.29, 1.82) is 0 Å². The molecule has 2 N–H and O–H groups in total. The fraction of sp³-hybridized carbons (Fsp3) is 0.200. The van der Waals surface area contributed by atoms with Gasteiger partial charge in [-0.05, 0) is 42.2 Å². The fourth-order valence-corrected chi connectivity index (χ4v) is 2.70. The highest BCUT2D eigenvalue weighted by molar-refractivity contribution is 9.10. The van der Waals surface area contributed by atoms with Crippen molar-refractivity contribution in [1.82, 2.24) is 0 Å². The number of hydrogen-bond acceptors (Lipinski definition) is 1. The van der Waals surface area contributed by atoms with E-state index in [0.717, 1.165) is 20.9 Å². The summed E-state index contributed by atoms with van der Waals surface area (Å²) in [6.07, 6.45) is 0.830. The van der Waals surface area contributed by atoms with Crippen molar-refractivity contribution in [3.8, 4) is 0 Å². The zero-order chi connectivity index (χ0) is 13.1. The van der Waals surface area contributed by atoms with Gasteiger partial charge in [-0.2, -0.15) is 0 Å². The lowest BCUT2D eigenvalue weighted by Crippen LogP contribution is -2.13. The number of nitrogens with two attached hydrogens (primary N) is 1. The van der Waals surface area contributed by atoms with Crippen LogP contribution in [-0.2, 0) is 6.42 Å². The van der Waals surface area contributed by atoms with Gasteiger partial charge < -0.3 is 5.73 Å². The second-order valence-corrected chi connectivity index (χ2v) is 6.12. The van der Waals surface area contributed by atoms with Gasteiger partial charge in [0.15, 0.2) is 0 Å². The SMILES string of the molecule is Cc1ccc(C(N)Cc2ccccc2Br)cc1Br. The molecule has 0 bridgehead atoms. The number of benzene rings is 2. The van der Waals surface area contributed by atoms with Crippen molar-refractivity contribution in [3.63, 3.8) is 0 Å². The molecule has 0 radical (unpaired) electrons. The van der Waals surface area contributed by atoms with E-state index in [1.54, 1.807) is 0 Å². The second-order valence-electron chi connectivity index (χ2n) is 4.41. The molecule has 0 aliphatic rings. The highest BCUT2D eigenvalue weighted by atomic mass is 79.9. The third-order valence-electron chi connectivity index (χ3n) is 3.02. The summed E-state index contributed by atoms with van der Waals surface area (Å²) in [5.41, 5.74) is 9.90. The van der Waals surface area contributed by atoms with Crippen LogP contribution in [-0.4, -0.2) is 0 Å². The quantitative estimate of drug-likeness (QED) is 0.830. The Morgan fingerprint density at radius 2 is 1.78 bits per heavy atom. The predicted octanol–water partition coefficient (Wildman–Crippen LogP) is 4.76. The summed E-state index contributed by atoms with van der Waals surface area (Å²) >= 11 is 7.11. The molecular formula is C15H15Br2N. The van der Waals surface area contributed by atoms with Crippen molar-refractivity contribution in [2.24, 2.45) is 5.73 Å². The molecule has 1 unspecified atom stereocenters. The van der Waals surface area contributed by atoms with Crippen LogP contribution in [0.4, 0.5) is 0 Å². The molecule has 3 heteroatoms. The number of aryl methyl sites for hydroxylation is 1. The summed E-state index contributed by atoms with van der Waals surface area (Å²) in [4.78, 5) is 0. The van der Waals surface area contributed by atoms with Crippen LogP contribution in [0.5, 0.6) is 0 Å². The molecule has 94 valence electrons. The Hall–Kier alpha value is -0.640. The molecule has 1 atom stereocenters. The molecule has 0 saturated carbocycles. The van der Waals surface area contributed by atoms with Crippen molar-refractivity contribution < 1.29 is 0 Å². The van der Waals surface area contributed by atoms with Crippen LogP contribution >= 0.6 is 31.9 Å². The molecule has 2 aromatic carbocycles. The van der Waals surface area contributed by atoms with Gasteiger partial charge in [-0.25, -0.2) is 0 Å². The third-order valence-corrected chi connectivity index (χ3v) is 4.65. The van der Waals surface area contributed by atoms with Gasteiger partial charge in [0, 0.05) is 15.0 Å². The first-order valence-corrected chi connectivity index (χ1v) is 7.41. The van der Waals surface area contributed by atoms with Crippen LogP contribution in [0.25, 0.3) is 0 Å². The number of halogens is 2. The molecule has 1 nitrogen and oxygen atoms in total. The molecule has 0 heterocycles. The van der Waals surface area contributed by atoms with Gasteiger partial charge in [0.1, 0.15) is 0 Å². The Balaban J connectivity index is 2.19. The summed E-state index contributed by atoms with van der Waals surface area (Å²) in [6, 6.07) is 14.5. The molecule has 0 spiro atoms. The maximum Gasteiger partial charge on any atom is 0.0336 e. The van der Waals surface area contributed by atoms with Gasteiger partial charge in [-0.15, -0.1) is 0 Å². The predicted molar refractivity (Wildman–Crippen MR) is 83.7 cm³/mol. The van der Waals surface area contributed by atoms with Crippen LogP contribution in [0.2, 0.25) is 0 Å². The van der Waals surface area contributed by atoms with E-state index in [-0.39, 0.29) is 6.04 Å². The normalized spacial score (nSPS) is 12.4. The monoisotopic (exact) mass is 367 g/mol. The third kappa shape index (κ3) is 3.22. The van der Waals surface area contributed by atoms with E-state index in [2.05, 4.69) is 63.0 Å². The largest absolute Gasteiger partial charge is 0.324 e. The first-order chi connectivity index (χ1) is 8.58. The van der Waals surface area contributed by atoms with Crippen LogP contribution in [0.1, 0.15) is 22.7 Å². The Kier molecular flexibility index (Phi) is 4.60. The Bertz CT molecular complexity index is 552. The first kappa shape index (κ1) is 13.8. The first-order valence-electron chi connectivity index (χ1n) is 5.83. The van der Waals surface area contributed by atoms with Crippen molar-refractivity contribution >= 4 is 31.9 Å². The molecule has 0 aliphatic carbocycles. The summed E-state index contributed by atoms with van der Waals surface area (Å²) in [5, 5.41) is 0. The van der Waals surface area contributed by atoms with Gasteiger partial charge in [-0.3, -0.25) is 0 Å². The van der Waals surface area contributed by atoms with Gasteiger partial charge in [0.25, 0.3) is 0 Å². The summed E-state index contributed by atoms with van der Waals surface area (Å²) < 4.78 is 2.23. The topological polar surface area (TPSA) is 26.0 Å². The van der Waals surface area contributed by atoms with Crippen LogP contribution in [0.3, 0.4) is 0 Å². The Labute approximate surface area is 125 Å². The molecule has 2 rings (SSSR count). The number of rotatable bonds is 3.